The van der Waals surface area contributed by atoms with Crippen molar-refractivity contribution in [3.05, 3.63) is 17.6 Å². The second kappa shape index (κ2) is 7.27. The summed E-state index contributed by atoms with van der Waals surface area (Å²) in [6, 6.07) is 1.85. The number of carbonyl (C=O) groups excluding carboxylic acids is 1. The number of sulfone groups is 1. The van der Waals surface area contributed by atoms with E-state index in [1.165, 1.54) is 6.42 Å². The van der Waals surface area contributed by atoms with Crippen LogP contribution in [-0.4, -0.2) is 54.4 Å². The van der Waals surface area contributed by atoms with E-state index in [9.17, 15) is 13.2 Å². The molecule has 0 aliphatic carbocycles. The van der Waals surface area contributed by atoms with Crippen LogP contribution in [0, 0.1) is 6.92 Å². The number of amides is 1. The van der Waals surface area contributed by atoms with Gasteiger partial charge in [-0.15, -0.1) is 0 Å². The third-order valence-corrected chi connectivity index (χ3v) is 6.79. The van der Waals surface area contributed by atoms with Gasteiger partial charge in [0.25, 0.3) is 5.91 Å². The number of nitrogens with one attached hydrogen (secondary N) is 1. The van der Waals surface area contributed by atoms with Gasteiger partial charge in [-0.2, -0.15) is 0 Å². The molecule has 0 saturated carbocycles. The van der Waals surface area contributed by atoms with Gasteiger partial charge in [0, 0.05) is 24.7 Å². The Balaban J connectivity index is 1.78. The molecule has 2 atom stereocenters. The van der Waals surface area contributed by atoms with Crippen LogP contribution in [-0.2, 0) is 9.84 Å². The summed E-state index contributed by atoms with van der Waals surface area (Å²) in [5.74, 6) is 1.18. The van der Waals surface area contributed by atoms with E-state index in [2.05, 4.69) is 27.1 Å². The van der Waals surface area contributed by atoms with Gasteiger partial charge in [-0.3, -0.25) is 4.79 Å². The van der Waals surface area contributed by atoms with Crippen LogP contribution >= 0.6 is 0 Å². The molecule has 0 bridgehead atoms. The molecule has 0 aromatic carbocycles. The Morgan fingerprint density at radius 1 is 1.32 bits per heavy atom. The van der Waals surface area contributed by atoms with Crippen molar-refractivity contribution >= 4 is 21.6 Å². The Kier molecular flexibility index (Phi) is 5.27. The van der Waals surface area contributed by atoms with Crippen molar-refractivity contribution in [3.8, 4) is 0 Å². The first-order valence-corrected chi connectivity index (χ1v) is 10.8. The maximum absolute atomic E-state index is 12.5. The molecule has 1 N–H and O–H groups in total. The first-order chi connectivity index (χ1) is 11.9. The van der Waals surface area contributed by atoms with Crippen molar-refractivity contribution in [1.82, 2.24) is 15.3 Å². The van der Waals surface area contributed by atoms with Crippen molar-refractivity contribution in [3.63, 3.8) is 0 Å². The lowest BCUT2D eigenvalue weighted by atomic mass is 10.00. The highest BCUT2D eigenvalue weighted by atomic mass is 32.2. The van der Waals surface area contributed by atoms with E-state index < -0.39 is 9.84 Å². The number of carbonyl (C=O) groups is 1. The number of hydrogen-bond donors (Lipinski definition) is 1. The van der Waals surface area contributed by atoms with E-state index in [1.807, 2.05) is 0 Å². The summed E-state index contributed by atoms with van der Waals surface area (Å²) in [5.41, 5.74) is 0.312. The monoisotopic (exact) mass is 366 g/mol. The minimum absolute atomic E-state index is 0.0136. The fourth-order valence-corrected chi connectivity index (χ4v) is 5.38. The molecule has 2 fully saturated rings. The maximum Gasteiger partial charge on any atom is 0.270 e. The Labute approximate surface area is 149 Å². The fourth-order valence-electron chi connectivity index (χ4n) is 3.71. The Hall–Kier alpha value is -1.70. The van der Waals surface area contributed by atoms with E-state index in [0.29, 0.717) is 24.0 Å². The highest BCUT2D eigenvalue weighted by molar-refractivity contribution is 7.91. The van der Waals surface area contributed by atoms with Crippen molar-refractivity contribution in [2.45, 2.75) is 58.0 Å². The van der Waals surface area contributed by atoms with Gasteiger partial charge in [0.05, 0.1) is 11.5 Å². The van der Waals surface area contributed by atoms with E-state index >= 15 is 0 Å². The predicted octanol–water partition coefficient (Wildman–Crippen LogP) is 1.47. The molecule has 3 rings (SSSR count). The molecule has 25 heavy (non-hydrogen) atoms. The third-order valence-electron chi connectivity index (χ3n) is 5.02. The second-order valence-corrected chi connectivity index (χ2v) is 9.21. The number of piperidine rings is 1. The highest BCUT2D eigenvalue weighted by Crippen LogP contribution is 2.25. The number of anilines is 1. The number of nitrogens with zero attached hydrogens (tertiary/aromatic N) is 3. The molecule has 2 unspecified atom stereocenters. The zero-order chi connectivity index (χ0) is 18.0. The zero-order valence-corrected chi connectivity index (χ0v) is 15.7. The molecule has 1 amide bonds. The summed E-state index contributed by atoms with van der Waals surface area (Å²) in [4.78, 5) is 23.6. The number of aryl methyl sites for hydroxylation is 1. The molecule has 2 saturated heterocycles. The average molecular weight is 366 g/mol. The number of hydrogen-bond acceptors (Lipinski definition) is 6. The maximum atomic E-state index is 12.5. The molecule has 0 spiro atoms. The normalized spacial score (nSPS) is 25.8. The topological polar surface area (TPSA) is 92.3 Å². The molecule has 138 valence electrons. The molecular weight excluding hydrogens is 340 g/mol. The quantitative estimate of drug-likeness (QED) is 0.867. The third kappa shape index (κ3) is 4.29. The lowest BCUT2D eigenvalue weighted by Gasteiger charge is -2.36. The van der Waals surface area contributed by atoms with Crippen LogP contribution in [0.15, 0.2) is 6.07 Å². The van der Waals surface area contributed by atoms with Gasteiger partial charge in [-0.05, 0) is 39.0 Å². The molecule has 1 aromatic rings. The lowest BCUT2D eigenvalue weighted by Crippen LogP contribution is -2.40. The molecule has 2 aliphatic heterocycles. The molecule has 8 heteroatoms. The summed E-state index contributed by atoms with van der Waals surface area (Å²) in [5, 5.41) is 2.81. The summed E-state index contributed by atoms with van der Waals surface area (Å²) >= 11 is 0. The van der Waals surface area contributed by atoms with Gasteiger partial charge in [-0.1, -0.05) is 6.92 Å². The van der Waals surface area contributed by atoms with E-state index in [-0.39, 0.29) is 23.5 Å². The summed E-state index contributed by atoms with van der Waals surface area (Å²) in [6.45, 7) is 4.90. The first-order valence-electron chi connectivity index (χ1n) is 9.01. The van der Waals surface area contributed by atoms with Gasteiger partial charge in [0.2, 0.25) is 0 Å². The Morgan fingerprint density at radius 3 is 2.80 bits per heavy atom. The highest BCUT2D eigenvalue weighted by Gasteiger charge is 2.30. The van der Waals surface area contributed by atoms with E-state index in [4.69, 9.17) is 0 Å². The second-order valence-electron chi connectivity index (χ2n) is 6.98. The Morgan fingerprint density at radius 2 is 2.12 bits per heavy atom. The largest absolute Gasteiger partial charge is 0.354 e. The van der Waals surface area contributed by atoms with E-state index in [1.54, 1.807) is 13.0 Å². The van der Waals surface area contributed by atoms with Gasteiger partial charge >= 0.3 is 0 Å². The van der Waals surface area contributed by atoms with Crippen molar-refractivity contribution in [2.75, 3.05) is 23.0 Å². The minimum atomic E-state index is -3.02. The van der Waals surface area contributed by atoms with Crippen LogP contribution < -0.4 is 10.2 Å². The van der Waals surface area contributed by atoms with Crippen LogP contribution in [0.1, 0.15) is 55.3 Å². The summed E-state index contributed by atoms with van der Waals surface area (Å²) in [6.07, 6.45) is 5.00. The lowest BCUT2D eigenvalue weighted by molar-refractivity contribution is 0.0935. The van der Waals surface area contributed by atoms with Crippen LogP contribution in [0.25, 0.3) is 0 Å². The van der Waals surface area contributed by atoms with Gasteiger partial charge in [0.1, 0.15) is 17.3 Å². The zero-order valence-electron chi connectivity index (χ0n) is 14.9. The smallest absolute Gasteiger partial charge is 0.270 e. The van der Waals surface area contributed by atoms with Crippen molar-refractivity contribution < 1.29 is 13.2 Å². The molecule has 7 nitrogen and oxygen atoms in total. The summed E-state index contributed by atoms with van der Waals surface area (Å²) in [7, 11) is -3.02. The summed E-state index contributed by atoms with van der Waals surface area (Å²) < 4.78 is 23.1. The van der Waals surface area contributed by atoms with E-state index in [0.717, 1.165) is 31.6 Å². The fraction of sp³-hybridized carbons (Fsp3) is 0.706. The number of aromatic nitrogens is 2. The van der Waals surface area contributed by atoms with Crippen LogP contribution in [0.5, 0.6) is 0 Å². The molecule has 0 radical (unpaired) electrons. The van der Waals surface area contributed by atoms with Crippen molar-refractivity contribution in [1.29, 1.82) is 0 Å². The van der Waals surface area contributed by atoms with Crippen molar-refractivity contribution in [2.24, 2.45) is 0 Å². The Bertz CT molecular complexity index is 750. The van der Waals surface area contributed by atoms with Crippen LogP contribution in [0.2, 0.25) is 0 Å². The molecule has 1 aromatic heterocycles. The predicted molar refractivity (Wildman–Crippen MR) is 96.6 cm³/mol. The van der Waals surface area contributed by atoms with Gasteiger partial charge < -0.3 is 10.2 Å². The minimum Gasteiger partial charge on any atom is -0.354 e. The van der Waals surface area contributed by atoms with Crippen LogP contribution in [0.3, 0.4) is 0 Å². The van der Waals surface area contributed by atoms with Gasteiger partial charge in [-0.25, -0.2) is 18.4 Å². The average Bonchev–Trinajstić information content (AvgIpc) is 2.92. The number of rotatable bonds is 4. The standard InChI is InChI=1S/C17H26N4O3S/c1-3-14-6-4-5-8-21(14)16-10-15(18-12(2)19-16)17(22)20-13-7-9-25(23,24)11-13/h10,13-14H,3-9,11H2,1-2H3,(H,20,22). The SMILES string of the molecule is CCC1CCCCN1c1cc(C(=O)NC2CCS(=O)(=O)C2)nc(C)n1. The van der Waals surface area contributed by atoms with Crippen LogP contribution in [0.4, 0.5) is 5.82 Å². The molecule has 3 heterocycles. The first kappa shape index (κ1) is 18.1. The molecule has 2 aliphatic rings. The molecular formula is C17H26N4O3S. The van der Waals surface area contributed by atoms with Gasteiger partial charge in [0.15, 0.2) is 9.84 Å².